The zero-order valence-electron chi connectivity index (χ0n) is 9.40. The third-order valence-corrected chi connectivity index (χ3v) is 4.08. The van der Waals surface area contributed by atoms with Gasteiger partial charge >= 0.3 is 0 Å². The highest BCUT2D eigenvalue weighted by molar-refractivity contribution is 7.84. The van der Waals surface area contributed by atoms with Crippen molar-refractivity contribution in [3.8, 4) is 0 Å². The average Bonchev–Trinajstić information content (AvgIpc) is 2.32. The Bertz CT molecular complexity index is 603. The summed E-state index contributed by atoms with van der Waals surface area (Å²) in [6.45, 7) is 0. The lowest BCUT2D eigenvalue weighted by Crippen LogP contribution is -2.01. The van der Waals surface area contributed by atoms with Crippen molar-refractivity contribution in [2.75, 3.05) is 5.73 Å². The van der Waals surface area contributed by atoms with E-state index in [9.17, 15) is 8.60 Å². The van der Waals surface area contributed by atoms with E-state index in [-0.39, 0.29) is 5.75 Å². The summed E-state index contributed by atoms with van der Waals surface area (Å²) >= 11 is 5.85. The number of nitrogen functional groups attached to an aromatic ring is 1. The highest BCUT2D eigenvalue weighted by Gasteiger charge is 2.10. The van der Waals surface area contributed by atoms with Gasteiger partial charge in [-0.15, -0.1) is 0 Å². The van der Waals surface area contributed by atoms with Gasteiger partial charge in [0.2, 0.25) is 0 Å². The number of rotatable bonds is 3. The van der Waals surface area contributed by atoms with Crippen LogP contribution in [0.4, 0.5) is 10.1 Å². The Morgan fingerprint density at radius 1 is 1.22 bits per heavy atom. The molecule has 0 bridgehead atoms. The van der Waals surface area contributed by atoms with E-state index in [1.54, 1.807) is 18.2 Å². The fourth-order valence-corrected chi connectivity index (χ4v) is 2.99. The summed E-state index contributed by atoms with van der Waals surface area (Å²) in [5.41, 5.74) is 6.84. The third kappa shape index (κ3) is 3.09. The fraction of sp³-hybridized carbons (Fsp3) is 0.0769. The first-order valence-corrected chi connectivity index (χ1v) is 6.94. The average molecular weight is 284 g/mol. The molecule has 0 radical (unpaired) electrons. The Balaban J connectivity index is 2.24. The van der Waals surface area contributed by atoms with Gasteiger partial charge in [-0.05, 0) is 35.9 Å². The Morgan fingerprint density at radius 2 is 2.00 bits per heavy atom. The zero-order chi connectivity index (χ0) is 13.1. The first kappa shape index (κ1) is 13.1. The number of benzene rings is 2. The van der Waals surface area contributed by atoms with Gasteiger partial charge in [-0.25, -0.2) is 4.39 Å². The van der Waals surface area contributed by atoms with E-state index in [1.807, 2.05) is 6.07 Å². The van der Waals surface area contributed by atoms with Gasteiger partial charge in [0.1, 0.15) is 5.82 Å². The van der Waals surface area contributed by atoms with Gasteiger partial charge < -0.3 is 5.73 Å². The quantitative estimate of drug-likeness (QED) is 0.878. The third-order valence-electron chi connectivity index (χ3n) is 2.41. The van der Waals surface area contributed by atoms with Crippen LogP contribution in [0.15, 0.2) is 47.4 Å². The lowest BCUT2D eigenvalue weighted by Gasteiger charge is -2.06. The van der Waals surface area contributed by atoms with Crippen LogP contribution in [0.25, 0.3) is 0 Å². The molecule has 2 nitrogen and oxygen atoms in total. The van der Waals surface area contributed by atoms with E-state index in [0.29, 0.717) is 15.6 Å². The second-order valence-corrected chi connectivity index (χ2v) is 5.66. The van der Waals surface area contributed by atoms with Crippen molar-refractivity contribution in [2.24, 2.45) is 0 Å². The van der Waals surface area contributed by atoms with Gasteiger partial charge in [0, 0.05) is 10.7 Å². The van der Waals surface area contributed by atoms with Crippen LogP contribution >= 0.6 is 11.6 Å². The Labute approximate surface area is 112 Å². The Kier molecular flexibility index (Phi) is 3.99. The molecule has 0 amide bonds. The molecule has 18 heavy (non-hydrogen) atoms. The van der Waals surface area contributed by atoms with Crippen LogP contribution in [0.5, 0.6) is 0 Å². The minimum Gasteiger partial charge on any atom is -0.398 e. The molecular weight excluding hydrogens is 273 g/mol. The van der Waals surface area contributed by atoms with Crippen molar-refractivity contribution in [2.45, 2.75) is 10.6 Å². The van der Waals surface area contributed by atoms with Crippen molar-refractivity contribution in [1.29, 1.82) is 0 Å². The SMILES string of the molecule is Nc1ccc(F)cc1S(=O)Cc1cccc(Cl)c1. The molecule has 2 rings (SSSR count). The molecule has 0 spiro atoms. The molecule has 0 saturated carbocycles. The van der Waals surface area contributed by atoms with Gasteiger partial charge in [0.15, 0.2) is 0 Å². The van der Waals surface area contributed by atoms with Crippen molar-refractivity contribution < 1.29 is 8.60 Å². The summed E-state index contributed by atoms with van der Waals surface area (Å²) in [5, 5.41) is 0.580. The molecule has 2 N–H and O–H groups in total. The first-order valence-electron chi connectivity index (χ1n) is 5.24. The Hall–Kier alpha value is -1.39. The van der Waals surface area contributed by atoms with Crippen LogP contribution in [0.1, 0.15) is 5.56 Å². The van der Waals surface area contributed by atoms with Crippen LogP contribution in [0, 0.1) is 5.82 Å². The van der Waals surface area contributed by atoms with E-state index in [4.69, 9.17) is 17.3 Å². The molecule has 0 aliphatic heterocycles. The molecule has 0 saturated heterocycles. The van der Waals surface area contributed by atoms with Gasteiger partial charge in [0.05, 0.1) is 21.4 Å². The molecule has 1 unspecified atom stereocenters. The summed E-state index contributed by atoms with van der Waals surface area (Å²) in [5.74, 6) is -0.188. The van der Waals surface area contributed by atoms with Crippen molar-refractivity contribution in [3.05, 3.63) is 58.9 Å². The molecule has 0 heterocycles. The van der Waals surface area contributed by atoms with Crippen molar-refractivity contribution in [1.82, 2.24) is 0 Å². The maximum Gasteiger partial charge on any atom is 0.124 e. The maximum absolute atomic E-state index is 13.1. The van der Waals surface area contributed by atoms with Crippen LogP contribution < -0.4 is 5.73 Å². The van der Waals surface area contributed by atoms with Crippen LogP contribution in [-0.2, 0) is 16.6 Å². The molecule has 0 fully saturated rings. The van der Waals surface area contributed by atoms with Crippen molar-refractivity contribution in [3.63, 3.8) is 0 Å². The van der Waals surface area contributed by atoms with Crippen LogP contribution in [0.3, 0.4) is 0 Å². The van der Waals surface area contributed by atoms with Gasteiger partial charge in [-0.1, -0.05) is 23.7 Å². The predicted molar refractivity (Wildman–Crippen MR) is 72.4 cm³/mol. The minimum atomic E-state index is -1.39. The molecule has 0 aliphatic rings. The summed E-state index contributed by atoms with van der Waals surface area (Å²) < 4.78 is 25.2. The lowest BCUT2D eigenvalue weighted by molar-refractivity contribution is 0.623. The fourth-order valence-electron chi connectivity index (χ4n) is 1.56. The molecule has 2 aromatic rings. The number of nitrogens with two attached hydrogens (primary N) is 1. The molecule has 0 aromatic heterocycles. The lowest BCUT2D eigenvalue weighted by atomic mass is 10.2. The molecular formula is C13H11ClFNOS. The van der Waals surface area contributed by atoms with E-state index in [1.165, 1.54) is 18.2 Å². The number of halogens is 2. The largest absolute Gasteiger partial charge is 0.398 e. The second-order valence-electron chi connectivity index (χ2n) is 3.80. The van der Waals surface area contributed by atoms with Crippen LogP contribution in [0.2, 0.25) is 5.02 Å². The summed E-state index contributed by atoms with van der Waals surface area (Å²) in [7, 11) is -1.39. The monoisotopic (exact) mass is 283 g/mol. The maximum atomic E-state index is 13.1. The first-order chi connectivity index (χ1) is 8.56. The molecule has 5 heteroatoms. The number of hydrogen-bond acceptors (Lipinski definition) is 2. The standard InChI is InChI=1S/C13H11ClFNOS/c14-10-3-1-2-9(6-10)8-18(17)13-7-11(15)4-5-12(13)16/h1-7H,8,16H2. The van der Waals surface area contributed by atoms with E-state index >= 15 is 0 Å². The second kappa shape index (κ2) is 5.50. The number of anilines is 1. The van der Waals surface area contributed by atoms with E-state index in [0.717, 1.165) is 5.56 Å². The molecule has 1 atom stereocenters. The Morgan fingerprint density at radius 3 is 2.72 bits per heavy atom. The minimum absolute atomic E-state index is 0.258. The van der Waals surface area contributed by atoms with Gasteiger partial charge in [-0.2, -0.15) is 0 Å². The van der Waals surface area contributed by atoms with Gasteiger partial charge in [0.25, 0.3) is 0 Å². The zero-order valence-corrected chi connectivity index (χ0v) is 11.0. The summed E-state index contributed by atoms with van der Waals surface area (Å²) in [4.78, 5) is 0.315. The molecule has 94 valence electrons. The summed E-state index contributed by atoms with van der Waals surface area (Å²) in [6.07, 6.45) is 0. The predicted octanol–water partition coefficient (Wildman–Crippen LogP) is 3.37. The van der Waals surface area contributed by atoms with Crippen molar-refractivity contribution >= 4 is 28.1 Å². The van der Waals surface area contributed by atoms with Crippen LogP contribution in [-0.4, -0.2) is 4.21 Å². The van der Waals surface area contributed by atoms with E-state index < -0.39 is 16.6 Å². The molecule has 0 aliphatic carbocycles. The van der Waals surface area contributed by atoms with E-state index in [2.05, 4.69) is 0 Å². The highest BCUT2D eigenvalue weighted by Crippen LogP contribution is 2.21. The summed E-state index contributed by atoms with van der Waals surface area (Å²) in [6, 6.07) is 10.9. The normalized spacial score (nSPS) is 12.3. The topological polar surface area (TPSA) is 43.1 Å². The highest BCUT2D eigenvalue weighted by atomic mass is 35.5. The molecule has 2 aromatic carbocycles. The van der Waals surface area contributed by atoms with Gasteiger partial charge in [-0.3, -0.25) is 4.21 Å². The number of hydrogen-bond donors (Lipinski definition) is 1. The smallest absolute Gasteiger partial charge is 0.124 e.